The smallest absolute Gasteiger partial charge is 0.303 e. The largest absolute Gasteiger partial charge is 0.481 e. The number of hydrogen-bond donors (Lipinski definition) is 6. The predicted octanol–water partition coefficient (Wildman–Crippen LogP) is -2.08. The first-order valence-corrected chi connectivity index (χ1v) is 4.88. The van der Waals surface area contributed by atoms with Crippen LogP contribution in [0.5, 0.6) is 0 Å². The maximum atomic E-state index is 9.60. The van der Waals surface area contributed by atoms with Crippen molar-refractivity contribution in [2.75, 3.05) is 13.2 Å². The normalized spacial score (nSPS) is 15.6. The molecule has 0 aromatic heterocycles. The molecule has 0 spiro atoms. The molecule has 0 radical (unpaired) electrons. The Hall–Kier alpha value is -0.730. The molecule has 0 rings (SSSR count). The van der Waals surface area contributed by atoms with Gasteiger partial charge >= 0.3 is 5.97 Å². The Morgan fingerprint density at radius 1 is 1.06 bits per heavy atom. The Morgan fingerprint density at radius 3 is 1.56 bits per heavy atom. The van der Waals surface area contributed by atoms with Crippen LogP contribution < -0.4 is 0 Å². The van der Waals surface area contributed by atoms with Crippen LogP contribution in [0.15, 0.2) is 0 Å². The van der Waals surface area contributed by atoms with Gasteiger partial charge in [-0.3, -0.25) is 4.79 Å². The summed E-state index contributed by atoms with van der Waals surface area (Å²) < 4.78 is 0. The Balaban J connectivity index is 0. The van der Waals surface area contributed by atoms with E-state index in [1.807, 2.05) is 6.92 Å². The number of aliphatic hydroxyl groups is 5. The summed E-state index contributed by atoms with van der Waals surface area (Å²) in [5, 5.41) is 50.5. The molecule has 2 unspecified atom stereocenters. The molecule has 0 bridgehead atoms. The third-order valence-electron chi connectivity index (χ3n) is 1.63. The summed E-state index contributed by atoms with van der Waals surface area (Å²) in [7, 11) is 0. The molecule has 16 heavy (non-hydrogen) atoms. The molecular formula is C9H20O7. The first-order valence-electron chi connectivity index (χ1n) is 4.88. The van der Waals surface area contributed by atoms with E-state index >= 15 is 0 Å². The van der Waals surface area contributed by atoms with E-state index in [9.17, 15) is 4.79 Å². The van der Waals surface area contributed by atoms with Crippen LogP contribution >= 0.6 is 0 Å². The summed E-state index contributed by atoms with van der Waals surface area (Å²) in [5.74, 6) is -0.711. The van der Waals surface area contributed by atoms with Crippen molar-refractivity contribution >= 4 is 5.97 Å². The van der Waals surface area contributed by atoms with Gasteiger partial charge in [-0.2, -0.15) is 0 Å². The van der Waals surface area contributed by atoms with E-state index in [4.69, 9.17) is 30.6 Å². The van der Waals surface area contributed by atoms with Gasteiger partial charge in [-0.15, -0.1) is 0 Å². The Morgan fingerprint density at radius 2 is 1.44 bits per heavy atom. The van der Waals surface area contributed by atoms with Crippen LogP contribution in [0.2, 0.25) is 0 Å². The highest BCUT2D eigenvalue weighted by atomic mass is 16.4. The van der Waals surface area contributed by atoms with E-state index < -0.39 is 37.5 Å². The van der Waals surface area contributed by atoms with Crippen molar-refractivity contribution < 1.29 is 35.4 Å². The zero-order chi connectivity index (χ0) is 13.1. The number of aliphatic carboxylic acids is 1. The summed E-state index contributed by atoms with van der Waals surface area (Å²) >= 11 is 0. The van der Waals surface area contributed by atoms with E-state index in [-0.39, 0.29) is 0 Å². The molecule has 0 amide bonds. The van der Waals surface area contributed by atoms with E-state index in [1.165, 1.54) is 0 Å². The molecule has 6 N–H and O–H groups in total. The van der Waals surface area contributed by atoms with Crippen LogP contribution in [0.1, 0.15) is 19.8 Å². The first kappa shape index (κ1) is 17.7. The first-order chi connectivity index (χ1) is 7.40. The molecule has 0 aliphatic carbocycles. The van der Waals surface area contributed by atoms with Crippen molar-refractivity contribution in [2.45, 2.75) is 38.1 Å². The molecule has 0 saturated heterocycles. The van der Waals surface area contributed by atoms with Crippen LogP contribution in [0.3, 0.4) is 0 Å². The second kappa shape index (κ2) is 10.8. The molecule has 2 atom stereocenters. The Bertz CT molecular complexity index is 163. The third-order valence-corrected chi connectivity index (χ3v) is 1.63. The van der Waals surface area contributed by atoms with Gasteiger partial charge in [0, 0.05) is 6.42 Å². The molecule has 0 saturated carbocycles. The quantitative estimate of drug-likeness (QED) is 0.313. The highest BCUT2D eigenvalue weighted by Gasteiger charge is 2.22. The van der Waals surface area contributed by atoms with Gasteiger partial charge in [0.15, 0.2) is 0 Å². The van der Waals surface area contributed by atoms with Gasteiger partial charge in [-0.1, -0.05) is 6.92 Å². The highest BCUT2D eigenvalue weighted by molar-refractivity contribution is 5.66. The van der Waals surface area contributed by atoms with Gasteiger partial charge < -0.3 is 30.6 Å². The molecule has 7 nitrogen and oxygen atoms in total. The van der Waals surface area contributed by atoms with E-state index in [0.717, 1.165) is 6.42 Å². The highest BCUT2D eigenvalue weighted by Crippen LogP contribution is 1.98. The topological polar surface area (TPSA) is 138 Å². The van der Waals surface area contributed by atoms with Crippen molar-refractivity contribution in [2.24, 2.45) is 0 Å². The standard InChI is InChI=1S/C5H12O5.C4H8O2/c6-1-3(8)5(10)4(9)2-7;1-2-3-4(5)6/h3-10H,1-2H2;2-3H2,1H3,(H,5,6). The minimum Gasteiger partial charge on any atom is -0.481 e. The molecule has 0 aromatic carbocycles. The van der Waals surface area contributed by atoms with Crippen LogP contribution in [0, 0.1) is 0 Å². The van der Waals surface area contributed by atoms with Gasteiger partial charge in [0.2, 0.25) is 0 Å². The number of hydrogen-bond acceptors (Lipinski definition) is 6. The Labute approximate surface area is 93.6 Å². The SMILES string of the molecule is CCCC(=O)O.OCC(O)C(O)C(O)CO. The van der Waals surface area contributed by atoms with Gasteiger partial charge in [0.25, 0.3) is 0 Å². The summed E-state index contributed by atoms with van der Waals surface area (Å²) in [6, 6.07) is 0. The lowest BCUT2D eigenvalue weighted by atomic mass is 10.1. The van der Waals surface area contributed by atoms with Gasteiger partial charge in [0.05, 0.1) is 13.2 Å². The fourth-order valence-electron chi connectivity index (χ4n) is 0.686. The van der Waals surface area contributed by atoms with E-state index in [2.05, 4.69) is 0 Å². The summed E-state index contributed by atoms with van der Waals surface area (Å²) in [6.07, 6.45) is -3.27. The second-order valence-corrected chi connectivity index (χ2v) is 3.13. The lowest BCUT2D eigenvalue weighted by Crippen LogP contribution is -2.41. The van der Waals surface area contributed by atoms with Crippen LogP contribution in [0.4, 0.5) is 0 Å². The van der Waals surface area contributed by atoms with Crippen LogP contribution in [-0.4, -0.2) is 68.1 Å². The molecule has 98 valence electrons. The zero-order valence-electron chi connectivity index (χ0n) is 9.15. The van der Waals surface area contributed by atoms with Crippen molar-refractivity contribution in [3.8, 4) is 0 Å². The second-order valence-electron chi connectivity index (χ2n) is 3.13. The van der Waals surface area contributed by atoms with Crippen molar-refractivity contribution in [3.63, 3.8) is 0 Å². The lowest BCUT2D eigenvalue weighted by molar-refractivity contribution is -0.137. The van der Waals surface area contributed by atoms with E-state index in [1.54, 1.807) is 0 Å². The van der Waals surface area contributed by atoms with Crippen molar-refractivity contribution in [3.05, 3.63) is 0 Å². The lowest BCUT2D eigenvalue weighted by Gasteiger charge is -2.19. The van der Waals surface area contributed by atoms with Gasteiger partial charge in [-0.25, -0.2) is 0 Å². The Kier molecular flexibility index (Phi) is 11.9. The van der Waals surface area contributed by atoms with Crippen molar-refractivity contribution in [1.29, 1.82) is 0 Å². The number of carboxylic acids is 1. The molecule has 0 fully saturated rings. The maximum absolute atomic E-state index is 9.60. The van der Waals surface area contributed by atoms with Crippen molar-refractivity contribution in [1.82, 2.24) is 0 Å². The predicted molar refractivity (Wildman–Crippen MR) is 54.7 cm³/mol. The van der Waals surface area contributed by atoms with Crippen LogP contribution in [0.25, 0.3) is 0 Å². The number of carboxylic acid groups (broad SMARTS) is 1. The number of rotatable bonds is 6. The molecule has 0 heterocycles. The third kappa shape index (κ3) is 9.81. The number of carbonyl (C=O) groups is 1. The monoisotopic (exact) mass is 240 g/mol. The van der Waals surface area contributed by atoms with Gasteiger partial charge in [-0.05, 0) is 6.42 Å². The number of aliphatic hydroxyl groups excluding tert-OH is 5. The van der Waals surface area contributed by atoms with Crippen LogP contribution in [-0.2, 0) is 4.79 Å². The summed E-state index contributed by atoms with van der Waals surface area (Å²) in [6.45, 7) is 0.560. The average Bonchev–Trinajstić information content (AvgIpc) is 2.26. The minimum absolute atomic E-state index is 0.292. The van der Waals surface area contributed by atoms with E-state index in [0.29, 0.717) is 6.42 Å². The summed E-state index contributed by atoms with van der Waals surface area (Å²) in [4.78, 5) is 9.60. The molecule has 0 aliphatic rings. The zero-order valence-corrected chi connectivity index (χ0v) is 9.15. The fraction of sp³-hybridized carbons (Fsp3) is 0.889. The molecular weight excluding hydrogens is 220 g/mol. The average molecular weight is 240 g/mol. The molecule has 7 heteroatoms. The summed E-state index contributed by atoms with van der Waals surface area (Å²) in [5.41, 5.74) is 0. The molecule has 0 aliphatic heterocycles. The maximum Gasteiger partial charge on any atom is 0.303 e. The molecule has 0 aromatic rings. The minimum atomic E-state index is -1.49. The fourth-order valence-corrected chi connectivity index (χ4v) is 0.686. The van der Waals surface area contributed by atoms with Gasteiger partial charge in [0.1, 0.15) is 18.3 Å².